The van der Waals surface area contributed by atoms with Crippen molar-refractivity contribution in [3.63, 3.8) is 0 Å². The number of hydrogen-bond donors (Lipinski definition) is 6. The smallest absolute Gasteiger partial charge is 0.247 e. The highest BCUT2D eigenvalue weighted by Crippen LogP contribution is 2.30. The molecule has 49 heavy (non-hydrogen) atoms. The Morgan fingerprint density at radius 1 is 0.796 bits per heavy atom. The molecule has 0 bridgehead atoms. The van der Waals surface area contributed by atoms with Crippen LogP contribution in [0.3, 0.4) is 0 Å². The number of rotatable bonds is 11. The number of carbonyl (C=O) groups excluding carboxylic acids is 3. The molecule has 7 N–H and O–H groups in total. The zero-order valence-electron chi connectivity index (χ0n) is 27.4. The lowest BCUT2D eigenvalue weighted by atomic mass is 9.81. The van der Waals surface area contributed by atoms with Crippen molar-refractivity contribution in [2.75, 3.05) is 30.3 Å². The van der Waals surface area contributed by atoms with Gasteiger partial charge in [0.1, 0.15) is 6.04 Å². The largest absolute Gasteiger partial charge is 0.344 e. The zero-order valence-corrected chi connectivity index (χ0v) is 28.2. The number of H-pyrrole nitrogens is 1. The number of nitrogens with one attached hydrogen (secondary N) is 5. The summed E-state index contributed by atoms with van der Waals surface area (Å²) in [7, 11) is 0. The van der Waals surface area contributed by atoms with Gasteiger partial charge in [-0.15, -0.1) is 22.6 Å². The van der Waals surface area contributed by atoms with E-state index in [9.17, 15) is 14.4 Å². The van der Waals surface area contributed by atoms with Gasteiger partial charge >= 0.3 is 0 Å². The van der Waals surface area contributed by atoms with E-state index in [0.717, 1.165) is 79.6 Å². The van der Waals surface area contributed by atoms with Crippen molar-refractivity contribution >= 4 is 41.5 Å². The third-order valence-corrected chi connectivity index (χ3v) is 9.54. The van der Waals surface area contributed by atoms with E-state index in [1.54, 1.807) is 24.3 Å². The molecule has 4 aromatic rings. The van der Waals surface area contributed by atoms with E-state index in [2.05, 4.69) is 41.9 Å². The van der Waals surface area contributed by atoms with Crippen LogP contribution in [0, 0.1) is 17.8 Å². The molecular weight excluding hydrogens is 642 g/mol. The third kappa shape index (κ3) is 9.28. The Kier molecular flexibility index (Phi) is 12.5. The number of amides is 3. The lowest BCUT2D eigenvalue weighted by Gasteiger charge is -2.28. The number of benzene rings is 3. The van der Waals surface area contributed by atoms with Gasteiger partial charge < -0.3 is 27.0 Å². The molecule has 3 amide bonds. The molecule has 258 valence electrons. The summed E-state index contributed by atoms with van der Waals surface area (Å²) >= 11 is 0. The first kappa shape index (κ1) is 35.7. The molecule has 1 aliphatic carbocycles. The number of carbonyl (C=O) groups is 3. The van der Waals surface area contributed by atoms with Crippen LogP contribution in [0.2, 0.25) is 0 Å². The molecule has 1 saturated carbocycles. The summed E-state index contributed by atoms with van der Waals surface area (Å²) in [5.41, 5.74) is 10.8. The highest BCUT2D eigenvalue weighted by atomic mass is 35.5. The number of aromatic amines is 1. The van der Waals surface area contributed by atoms with Gasteiger partial charge in [-0.1, -0.05) is 42.5 Å². The Hall–Kier alpha value is -4.65. The molecule has 2 heterocycles. The molecule has 2 fully saturated rings. The molecule has 2 aliphatic rings. The van der Waals surface area contributed by atoms with Crippen molar-refractivity contribution in [3.05, 3.63) is 78.4 Å². The highest BCUT2D eigenvalue weighted by molar-refractivity contribution is 5.98. The van der Waals surface area contributed by atoms with Crippen LogP contribution in [0.4, 0.5) is 11.4 Å². The Labute approximate surface area is 292 Å². The van der Waals surface area contributed by atoms with Gasteiger partial charge in [0.05, 0.1) is 0 Å². The second-order valence-electron chi connectivity index (χ2n) is 12.8. The second-order valence-corrected chi connectivity index (χ2v) is 12.8. The van der Waals surface area contributed by atoms with Crippen molar-refractivity contribution < 1.29 is 14.4 Å². The fourth-order valence-electron chi connectivity index (χ4n) is 6.59. The Morgan fingerprint density at radius 2 is 1.47 bits per heavy atom. The lowest BCUT2D eigenvalue weighted by Crippen LogP contribution is -2.48. The minimum atomic E-state index is -0.788. The quantitative estimate of drug-likeness (QED) is 0.135. The van der Waals surface area contributed by atoms with Gasteiger partial charge in [-0.05, 0) is 111 Å². The van der Waals surface area contributed by atoms with Crippen molar-refractivity contribution in [1.29, 1.82) is 0 Å². The SMILES string of the molecule is Cl.NCC1CCC(C(=O)N[C@@H](Cc2ccc(-c3ccccc3NC(=O)C3CCNCC3)cc2)C(=O)Nc2ccc(-c3nn[nH]n3)cc2)CC1. The van der Waals surface area contributed by atoms with Gasteiger partial charge in [0, 0.05) is 40.8 Å². The summed E-state index contributed by atoms with van der Waals surface area (Å²) in [6.45, 7) is 2.34. The van der Waals surface area contributed by atoms with Crippen molar-refractivity contribution in [1.82, 2.24) is 31.3 Å². The first-order valence-electron chi connectivity index (χ1n) is 16.8. The molecule has 12 nitrogen and oxygen atoms in total. The molecule has 3 aromatic carbocycles. The minimum absolute atomic E-state index is 0. The number of para-hydroxylation sites is 1. The monoisotopic (exact) mass is 685 g/mol. The number of hydrogen-bond acceptors (Lipinski definition) is 8. The van der Waals surface area contributed by atoms with E-state index in [1.807, 2.05) is 48.5 Å². The van der Waals surface area contributed by atoms with Gasteiger partial charge in [0.2, 0.25) is 23.5 Å². The maximum atomic E-state index is 13.7. The van der Waals surface area contributed by atoms with E-state index in [-0.39, 0.29) is 42.0 Å². The topological polar surface area (TPSA) is 180 Å². The molecule has 1 aromatic heterocycles. The molecule has 1 aliphatic heterocycles. The van der Waals surface area contributed by atoms with Crippen LogP contribution in [0.1, 0.15) is 44.1 Å². The van der Waals surface area contributed by atoms with Gasteiger partial charge in [0.15, 0.2) is 0 Å². The average molecular weight is 686 g/mol. The van der Waals surface area contributed by atoms with Gasteiger partial charge in [-0.25, -0.2) is 0 Å². The van der Waals surface area contributed by atoms with Crippen LogP contribution in [0.5, 0.6) is 0 Å². The second kappa shape index (κ2) is 17.1. The van der Waals surface area contributed by atoms with Crippen LogP contribution in [0.25, 0.3) is 22.5 Å². The first-order chi connectivity index (χ1) is 23.5. The van der Waals surface area contributed by atoms with Gasteiger partial charge in [0.25, 0.3) is 0 Å². The predicted octanol–water partition coefficient (Wildman–Crippen LogP) is 4.32. The number of piperidine rings is 1. The van der Waals surface area contributed by atoms with Crippen molar-refractivity contribution in [3.8, 4) is 22.5 Å². The molecule has 0 radical (unpaired) electrons. The van der Waals surface area contributed by atoms with E-state index >= 15 is 0 Å². The van der Waals surface area contributed by atoms with Crippen LogP contribution in [-0.2, 0) is 20.8 Å². The third-order valence-electron chi connectivity index (χ3n) is 9.54. The van der Waals surface area contributed by atoms with Crippen LogP contribution >= 0.6 is 12.4 Å². The highest BCUT2D eigenvalue weighted by Gasteiger charge is 2.29. The summed E-state index contributed by atoms with van der Waals surface area (Å²) in [4.78, 5) is 40.1. The number of tetrazole rings is 1. The lowest BCUT2D eigenvalue weighted by molar-refractivity contribution is -0.130. The van der Waals surface area contributed by atoms with Gasteiger partial charge in [-0.3, -0.25) is 14.4 Å². The Morgan fingerprint density at radius 3 is 2.14 bits per heavy atom. The van der Waals surface area contributed by atoms with E-state index in [0.29, 0.717) is 30.4 Å². The van der Waals surface area contributed by atoms with Crippen LogP contribution < -0.4 is 27.0 Å². The summed E-state index contributed by atoms with van der Waals surface area (Å²) < 4.78 is 0. The predicted molar refractivity (Wildman–Crippen MR) is 192 cm³/mol. The molecule has 0 spiro atoms. The molecule has 1 saturated heterocycles. The molecule has 6 rings (SSSR count). The maximum absolute atomic E-state index is 13.7. The molecule has 0 unspecified atom stereocenters. The normalized spacial score (nSPS) is 18.5. The number of nitrogens with two attached hydrogens (primary N) is 1. The zero-order chi connectivity index (χ0) is 33.3. The maximum Gasteiger partial charge on any atom is 0.247 e. The van der Waals surface area contributed by atoms with Gasteiger partial charge in [-0.2, -0.15) is 5.21 Å². The van der Waals surface area contributed by atoms with E-state index in [1.165, 1.54) is 0 Å². The number of anilines is 2. The minimum Gasteiger partial charge on any atom is -0.344 e. The van der Waals surface area contributed by atoms with Crippen molar-refractivity contribution in [2.45, 2.75) is 51.0 Å². The Bertz CT molecular complexity index is 1670. The molecule has 13 heteroatoms. The standard InChI is InChI=1S/C36H43N9O3.ClH/c37-22-24-7-11-27(12-8-24)34(46)41-32(36(48)39-29-15-13-26(14-16-29)33-42-44-45-43-33)21-23-5-9-25(10-6-23)30-3-1-2-4-31(30)40-35(47)28-17-19-38-20-18-28;/h1-6,9-10,13-16,24,27-28,32,38H,7-8,11-12,17-22,37H2,(H,39,48)(H,40,47)(H,41,46)(H,42,43,44,45);1H/t24?,27?,32-;/m0./s1. The van der Waals surface area contributed by atoms with Crippen molar-refractivity contribution in [2.24, 2.45) is 23.5 Å². The Balaban J connectivity index is 0.00000468. The summed E-state index contributed by atoms with van der Waals surface area (Å²) in [5.74, 6) is 0.402. The summed E-state index contributed by atoms with van der Waals surface area (Å²) in [6.07, 6.45) is 5.33. The number of aromatic nitrogens is 4. The van der Waals surface area contributed by atoms with Crippen LogP contribution in [0.15, 0.2) is 72.8 Å². The number of nitrogens with zero attached hydrogens (tertiary/aromatic N) is 3. The summed E-state index contributed by atoms with van der Waals surface area (Å²) in [6, 6.07) is 22.1. The molecule has 1 atom stereocenters. The number of halogens is 1. The fourth-order valence-corrected chi connectivity index (χ4v) is 6.59. The summed E-state index contributed by atoms with van der Waals surface area (Å²) in [5, 5.41) is 26.5. The average Bonchev–Trinajstić information content (AvgIpc) is 3.68. The molecular formula is C36H44ClN9O3. The van der Waals surface area contributed by atoms with E-state index < -0.39 is 6.04 Å². The first-order valence-corrected chi connectivity index (χ1v) is 16.8. The van der Waals surface area contributed by atoms with Crippen LogP contribution in [-0.4, -0.2) is 64.0 Å². The fraction of sp³-hybridized carbons (Fsp3) is 0.389. The van der Waals surface area contributed by atoms with E-state index in [4.69, 9.17) is 5.73 Å².